The Balaban J connectivity index is 1.61. The molecular formula is C21H16N4O4S. The lowest BCUT2D eigenvalue weighted by Crippen LogP contribution is -2.19. The van der Waals surface area contributed by atoms with E-state index in [0.29, 0.717) is 17.9 Å². The standard InChI is InChI=1S/C21H16N4O4S/c1-28-19(26)10-18-20(27)24-21(30-18)25-23-12-15-5-3-7-17(9-15)29-13-16-6-2-4-14(8-16)11-22/h2-10,12H,13H2,1H3,(H,24,25,27)/b18-10+,23-12?. The number of thioether (sulfide) groups is 1. The van der Waals surface area contributed by atoms with Crippen molar-refractivity contribution in [3.63, 3.8) is 0 Å². The van der Waals surface area contributed by atoms with E-state index in [1.165, 1.54) is 13.3 Å². The number of carbonyl (C=O) groups excluding carboxylic acids is 2. The van der Waals surface area contributed by atoms with E-state index in [4.69, 9.17) is 10.00 Å². The topological polar surface area (TPSA) is 113 Å². The van der Waals surface area contributed by atoms with Crippen LogP contribution in [0.4, 0.5) is 0 Å². The second-order valence-electron chi connectivity index (χ2n) is 5.91. The van der Waals surface area contributed by atoms with Crippen LogP contribution in [-0.2, 0) is 20.9 Å². The van der Waals surface area contributed by atoms with E-state index >= 15 is 0 Å². The van der Waals surface area contributed by atoms with Crippen molar-refractivity contribution >= 4 is 35.0 Å². The summed E-state index contributed by atoms with van der Waals surface area (Å²) in [5.74, 6) is -0.412. The highest BCUT2D eigenvalue weighted by molar-refractivity contribution is 8.18. The molecule has 0 aliphatic carbocycles. The summed E-state index contributed by atoms with van der Waals surface area (Å²) in [6.07, 6.45) is 2.62. The Morgan fingerprint density at radius 1 is 1.27 bits per heavy atom. The molecule has 1 saturated heterocycles. The smallest absolute Gasteiger partial charge is 0.331 e. The van der Waals surface area contributed by atoms with Gasteiger partial charge in [-0.25, -0.2) is 4.79 Å². The molecule has 1 heterocycles. The zero-order valence-electron chi connectivity index (χ0n) is 15.9. The third kappa shape index (κ3) is 5.80. The van der Waals surface area contributed by atoms with Crippen molar-refractivity contribution in [1.82, 2.24) is 5.32 Å². The monoisotopic (exact) mass is 420 g/mol. The van der Waals surface area contributed by atoms with Crippen molar-refractivity contribution in [3.8, 4) is 11.8 Å². The highest BCUT2D eigenvalue weighted by Gasteiger charge is 2.24. The van der Waals surface area contributed by atoms with Gasteiger partial charge < -0.3 is 9.47 Å². The average molecular weight is 420 g/mol. The molecule has 1 amide bonds. The van der Waals surface area contributed by atoms with Gasteiger partial charge in [-0.2, -0.15) is 10.4 Å². The molecule has 3 rings (SSSR count). The molecule has 2 aromatic carbocycles. The molecule has 150 valence electrons. The molecular weight excluding hydrogens is 404 g/mol. The first kappa shape index (κ1) is 20.8. The fourth-order valence-electron chi connectivity index (χ4n) is 2.37. The number of nitrogens with one attached hydrogen (secondary N) is 1. The fraction of sp³-hybridized carbons (Fsp3) is 0.0952. The molecule has 1 aliphatic rings. The molecule has 0 atom stereocenters. The number of carbonyl (C=O) groups is 2. The molecule has 2 aromatic rings. The summed E-state index contributed by atoms with van der Waals surface area (Å²) in [5, 5.41) is 19.6. The molecule has 1 fully saturated rings. The Morgan fingerprint density at radius 2 is 2.10 bits per heavy atom. The van der Waals surface area contributed by atoms with Crippen LogP contribution in [0.3, 0.4) is 0 Å². The van der Waals surface area contributed by atoms with Gasteiger partial charge in [0, 0.05) is 6.08 Å². The predicted octanol–water partition coefficient (Wildman–Crippen LogP) is 2.75. The number of nitrogens with zero attached hydrogens (tertiary/aromatic N) is 3. The average Bonchev–Trinajstić information content (AvgIpc) is 3.11. The van der Waals surface area contributed by atoms with Crippen molar-refractivity contribution in [3.05, 3.63) is 76.2 Å². The van der Waals surface area contributed by atoms with Crippen LogP contribution >= 0.6 is 11.8 Å². The van der Waals surface area contributed by atoms with Gasteiger partial charge in [-0.15, -0.1) is 5.10 Å². The Labute approximate surface area is 176 Å². The van der Waals surface area contributed by atoms with Crippen molar-refractivity contribution < 1.29 is 19.1 Å². The number of ether oxygens (including phenoxy) is 2. The van der Waals surface area contributed by atoms with Crippen LogP contribution in [0.15, 0.2) is 69.7 Å². The summed E-state index contributed by atoms with van der Waals surface area (Å²) in [7, 11) is 1.23. The first-order valence-corrected chi connectivity index (χ1v) is 9.51. The molecule has 0 aromatic heterocycles. The van der Waals surface area contributed by atoms with Gasteiger partial charge in [0.2, 0.25) is 0 Å². The Bertz CT molecular complexity index is 1100. The lowest BCUT2D eigenvalue weighted by molar-refractivity contribution is -0.135. The van der Waals surface area contributed by atoms with E-state index in [-0.39, 0.29) is 10.1 Å². The van der Waals surface area contributed by atoms with E-state index in [1.54, 1.807) is 18.2 Å². The number of nitriles is 1. The summed E-state index contributed by atoms with van der Waals surface area (Å²) >= 11 is 0.998. The van der Waals surface area contributed by atoms with E-state index in [1.807, 2.05) is 30.3 Å². The van der Waals surface area contributed by atoms with Gasteiger partial charge in [-0.1, -0.05) is 24.3 Å². The minimum atomic E-state index is -0.617. The molecule has 0 unspecified atom stereocenters. The molecule has 1 aliphatic heterocycles. The highest BCUT2D eigenvalue weighted by atomic mass is 32.2. The van der Waals surface area contributed by atoms with Crippen molar-refractivity contribution in [1.29, 1.82) is 5.26 Å². The number of amidine groups is 1. The Morgan fingerprint density at radius 3 is 2.90 bits per heavy atom. The van der Waals surface area contributed by atoms with Crippen molar-refractivity contribution in [2.45, 2.75) is 6.61 Å². The minimum absolute atomic E-state index is 0.187. The van der Waals surface area contributed by atoms with E-state index < -0.39 is 11.9 Å². The minimum Gasteiger partial charge on any atom is -0.489 e. The molecule has 9 heteroatoms. The summed E-state index contributed by atoms with van der Waals surface area (Å²) in [4.78, 5) is 23.2. The van der Waals surface area contributed by atoms with Crippen LogP contribution in [0.5, 0.6) is 5.75 Å². The Kier molecular flexibility index (Phi) is 6.97. The Hall–Kier alpha value is -3.90. The third-order valence-electron chi connectivity index (χ3n) is 3.78. The van der Waals surface area contributed by atoms with Crippen molar-refractivity contribution in [2.24, 2.45) is 10.2 Å². The first-order chi connectivity index (χ1) is 14.6. The lowest BCUT2D eigenvalue weighted by Gasteiger charge is -2.07. The molecule has 1 N–H and O–H groups in total. The van der Waals surface area contributed by atoms with Crippen LogP contribution in [-0.4, -0.2) is 30.4 Å². The maximum absolute atomic E-state index is 11.8. The summed E-state index contributed by atoms with van der Waals surface area (Å²) in [5.41, 5.74) is 2.23. The van der Waals surface area contributed by atoms with Gasteiger partial charge in [-0.3, -0.25) is 10.1 Å². The summed E-state index contributed by atoms with van der Waals surface area (Å²) in [6.45, 7) is 0.330. The number of hydrogen-bond acceptors (Lipinski definition) is 8. The maximum Gasteiger partial charge on any atom is 0.331 e. The fourth-order valence-corrected chi connectivity index (χ4v) is 3.11. The van der Waals surface area contributed by atoms with Gasteiger partial charge in [-0.05, 0) is 47.2 Å². The number of methoxy groups -OCH3 is 1. The predicted molar refractivity (Wildman–Crippen MR) is 113 cm³/mol. The SMILES string of the molecule is COC(=O)/C=C1/S/C(=N\N=Cc2cccc(OCc3cccc(C#N)c3)c2)NC1=O. The molecule has 0 radical (unpaired) electrons. The molecule has 0 spiro atoms. The molecule has 8 nitrogen and oxygen atoms in total. The van der Waals surface area contributed by atoms with Gasteiger partial charge in [0.05, 0.1) is 29.9 Å². The van der Waals surface area contributed by atoms with Crippen LogP contribution in [0.25, 0.3) is 0 Å². The number of amides is 1. The number of rotatable bonds is 6. The highest BCUT2D eigenvalue weighted by Crippen LogP contribution is 2.23. The normalized spacial score (nSPS) is 15.9. The van der Waals surface area contributed by atoms with Gasteiger partial charge in [0.15, 0.2) is 5.17 Å². The van der Waals surface area contributed by atoms with Crippen LogP contribution < -0.4 is 10.1 Å². The van der Waals surface area contributed by atoms with Crippen LogP contribution in [0, 0.1) is 11.3 Å². The lowest BCUT2D eigenvalue weighted by atomic mass is 10.1. The summed E-state index contributed by atoms with van der Waals surface area (Å²) < 4.78 is 10.3. The van der Waals surface area contributed by atoms with E-state index in [0.717, 1.165) is 29.0 Å². The second-order valence-corrected chi connectivity index (χ2v) is 6.94. The van der Waals surface area contributed by atoms with E-state index in [2.05, 4.69) is 26.3 Å². The zero-order chi connectivity index (χ0) is 21.3. The van der Waals surface area contributed by atoms with Crippen LogP contribution in [0.2, 0.25) is 0 Å². The molecule has 0 saturated carbocycles. The molecule has 0 bridgehead atoms. The number of hydrogen-bond donors (Lipinski definition) is 1. The van der Waals surface area contributed by atoms with E-state index in [9.17, 15) is 9.59 Å². The quantitative estimate of drug-likeness (QED) is 0.333. The first-order valence-electron chi connectivity index (χ1n) is 8.69. The number of benzene rings is 2. The summed E-state index contributed by atoms with van der Waals surface area (Å²) in [6, 6.07) is 16.6. The van der Waals surface area contributed by atoms with Gasteiger partial charge >= 0.3 is 5.97 Å². The number of esters is 1. The van der Waals surface area contributed by atoms with Gasteiger partial charge in [0.25, 0.3) is 5.91 Å². The third-order valence-corrected chi connectivity index (χ3v) is 4.68. The van der Waals surface area contributed by atoms with Gasteiger partial charge in [0.1, 0.15) is 12.4 Å². The zero-order valence-corrected chi connectivity index (χ0v) is 16.7. The van der Waals surface area contributed by atoms with Crippen molar-refractivity contribution in [2.75, 3.05) is 7.11 Å². The van der Waals surface area contributed by atoms with Crippen LogP contribution in [0.1, 0.15) is 16.7 Å². The largest absolute Gasteiger partial charge is 0.489 e. The molecule has 30 heavy (non-hydrogen) atoms. The second kappa shape index (κ2) is 10.0. The maximum atomic E-state index is 11.8.